The highest BCUT2D eigenvalue weighted by molar-refractivity contribution is 5.78. The van der Waals surface area contributed by atoms with Gasteiger partial charge in [0, 0.05) is 19.5 Å². The zero-order chi connectivity index (χ0) is 11.1. The fourth-order valence-electron chi connectivity index (χ4n) is 1.51. The van der Waals surface area contributed by atoms with Gasteiger partial charge < -0.3 is 15.0 Å². The molecule has 1 N–H and O–H groups in total. The molecule has 0 aromatic carbocycles. The summed E-state index contributed by atoms with van der Waals surface area (Å²) in [4.78, 5) is 24.0. The summed E-state index contributed by atoms with van der Waals surface area (Å²) in [5, 5.41) is 2.87. The molecular formula is C10H18N2O3. The summed E-state index contributed by atoms with van der Waals surface area (Å²) >= 11 is 0. The number of likely N-dealkylation sites (tertiary alicyclic amines) is 1. The van der Waals surface area contributed by atoms with Crippen molar-refractivity contribution in [2.24, 2.45) is 0 Å². The van der Waals surface area contributed by atoms with Crippen LogP contribution in [0.25, 0.3) is 0 Å². The molecule has 0 bridgehead atoms. The van der Waals surface area contributed by atoms with Gasteiger partial charge in [-0.05, 0) is 13.5 Å². The van der Waals surface area contributed by atoms with E-state index >= 15 is 0 Å². The first kappa shape index (κ1) is 12.0. The minimum atomic E-state index is -0.212. The van der Waals surface area contributed by atoms with Gasteiger partial charge in [0.25, 0.3) is 0 Å². The van der Waals surface area contributed by atoms with Gasteiger partial charge in [0.15, 0.2) is 0 Å². The second-order valence-electron chi connectivity index (χ2n) is 3.56. The number of nitrogens with one attached hydrogen (secondary N) is 1. The minimum absolute atomic E-state index is 0.168. The third-order valence-electron chi connectivity index (χ3n) is 2.37. The Labute approximate surface area is 89.8 Å². The molecule has 1 aliphatic heterocycles. The second kappa shape index (κ2) is 6.40. The lowest BCUT2D eigenvalue weighted by Gasteiger charge is -2.14. The van der Waals surface area contributed by atoms with E-state index in [4.69, 9.17) is 4.74 Å². The van der Waals surface area contributed by atoms with Crippen LogP contribution in [0.1, 0.15) is 19.3 Å². The van der Waals surface area contributed by atoms with Crippen molar-refractivity contribution in [2.45, 2.75) is 19.3 Å². The third kappa shape index (κ3) is 4.29. The summed E-state index contributed by atoms with van der Waals surface area (Å²) in [5.74, 6) is -0.0442. The van der Waals surface area contributed by atoms with Gasteiger partial charge in [0.2, 0.25) is 5.91 Å². The quantitative estimate of drug-likeness (QED) is 0.620. The van der Waals surface area contributed by atoms with Gasteiger partial charge in [-0.3, -0.25) is 9.59 Å². The van der Waals surface area contributed by atoms with Gasteiger partial charge in [-0.15, -0.1) is 0 Å². The van der Waals surface area contributed by atoms with Gasteiger partial charge in [-0.25, -0.2) is 0 Å². The average molecular weight is 214 g/mol. The lowest BCUT2D eigenvalue weighted by atomic mass is 10.4. The molecule has 1 saturated heterocycles. The predicted molar refractivity (Wildman–Crippen MR) is 55.3 cm³/mol. The van der Waals surface area contributed by atoms with E-state index in [0.29, 0.717) is 32.5 Å². The van der Waals surface area contributed by atoms with Crippen molar-refractivity contribution in [2.75, 3.05) is 33.3 Å². The molecule has 15 heavy (non-hydrogen) atoms. The average Bonchev–Trinajstić information content (AvgIpc) is 2.61. The Balaban J connectivity index is 2.05. The Morgan fingerprint density at radius 2 is 2.40 bits per heavy atom. The van der Waals surface area contributed by atoms with Gasteiger partial charge in [0.05, 0.1) is 13.0 Å². The van der Waals surface area contributed by atoms with E-state index in [0.717, 1.165) is 13.0 Å². The fraction of sp³-hybridized carbons (Fsp3) is 0.800. The first-order valence-electron chi connectivity index (χ1n) is 5.32. The number of esters is 1. The molecule has 5 nitrogen and oxygen atoms in total. The van der Waals surface area contributed by atoms with Crippen LogP contribution < -0.4 is 5.32 Å². The Hall–Kier alpha value is -1.10. The number of rotatable bonds is 6. The van der Waals surface area contributed by atoms with Gasteiger partial charge in [-0.2, -0.15) is 0 Å². The highest BCUT2D eigenvalue weighted by Gasteiger charge is 2.19. The molecule has 0 atom stereocenters. The van der Waals surface area contributed by atoms with Crippen molar-refractivity contribution < 1.29 is 14.3 Å². The summed E-state index contributed by atoms with van der Waals surface area (Å²) < 4.78 is 4.98. The molecule has 86 valence electrons. The van der Waals surface area contributed by atoms with Gasteiger partial charge in [-0.1, -0.05) is 0 Å². The third-order valence-corrected chi connectivity index (χ3v) is 2.37. The van der Waals surface area contributed by atoms with Crippen molar-refractivity contribution in [1.82, 2.24) is 10.2 Å². The summed E-state index contributed by atoms with van der Waals surface area (Å²) in [7, 11) is 1.79. The summed E-state index contributed by atoms with van der Waals surface area (Å²) in [6.07, 6.45) is 1.94. The lowest BCUT2D eigenvalue weighted by molar-refractivity contribution is -0.145. The molecular weight excluding hydrogens is 196 g/mol. The maximum absolute atomic E-state index is 11.2. The van der Waals surface area contributed by atoms with Crippen LogP contribution in [0, 0.1) is 0 Å². The highest BCUT2D eigenvalue weighted by atomic mass is 16.5. The summed E-state index contributed by atoms with van der Waals surface area (Å²) in [6, 6.07) is 0. The fourth-order valence-corrected chi connectivity index (χ4v) is 1.51. The van der Waals surface area contributed by atoms with E-state index in [1.807, 2.05) is 0 Å². The predicted octanol–water partition coefficient (Wildman–Crippen LogP) is -0.238. The van der Waals surface area contributed by atoms with Gasteiger partial charge >= 0.3 is 5.97 Å². The van der Waals surface area contributed by atoms with Crippen molar-refractivity contribution in [3.63, 3.8) is 0 Å². The SMILES string of the molecule is CNCCC(=O)OCCN1CCCC1=O. The van der Waals surface area contributed by atoms with E-state index in [-0.39, 0.29) is 11.9 Å². The Morgan fingerprint density at radius 3 is 3.00 bits per heavy atom. The molecule has 1 aliphatic rings. The molecule has 0 unspecified atom stereocenters. The number of hydrogen-bond acceptors (Lipinski definition) is 4. The molecule has 0 radical (unpaired) electrons. The van der Waals surface area contributed by atoms with Crippen LogP contribution in [0.2, 0.25) is 0 Å². The van der Waals surface area contributed by atoms with Crippen LogP contribution in [0.4, 0.5) is 0 Å². The van der Waals surface area contributed by atoms with Crippen LogP contribution in [0.15, 0.2) is 0 Å². The highest BCUT2D eigenvalue weighted by Crippen LogP contribution is 2.08. The minimum Gasteiger partial charge on any atom is -0.464 e. The van der Waals surface area contributed by atoms with Crippen LogP contribution >= 0.6 is 0 Å². The van der Waals surface area contributed by atoms with E-state index in [1.54, 1.807) is 11.9 Å². The molecule has 5 heteroatoms. The molecule has 1 heterocycles. The number of carbonyl (C=O) groups excluding carboxylic acids is 2. The first-order valence-corrected chi connectivity index (χ1v) is 5.32. The first-order chi connectivity index (χ1) is 7.24. The van der Waals surface area contributed by atoms with Crippen LogP contribution in [-0.4, -0.2) is 50.1 Å². The normalized spacial score (nSPS) is 15.8. The second-order valence-corrected chi connectivity index (χ2v) is 3.56. The lowest BCUT2D eigenvalue weighted by Crippen LogP contribution is -2.29. The molecule has 0 spiro atoms. The smallest absolute Gasteiger partial charge is 0.307 e. The number of nitrogens with zero attached hydrogens (tertiary/aromatic N) is 1. The van der Waals surface area contributed by atoms with Crippen LogP contribution in [0.5, 0.6) is 0 Å². The zero-order valence-corrected chi connectivity index (χ0v) is 9.12. The maximum Gasteiger partial charge on any atom is 0.307 e. The van der Waals surface area contributed by atoms with E-state index in [9.17, 15) is 9.59 Å². The Morgan fingerprint density at radius 1 is 1.60 bits per heavy atom. The monoisotopic (exact) mass is 214 g/mol. The standard InChI is InChI=1S/C10H18N2O3/c1-11-5-4-10(14)15-8-7-12-6-2-3-9(12)13/h11H,2-8H2,1H3. The zero-order valence-electron chi connectivity index (χ0n) is 9.12. The summed E-state index contributed by atoms with van der Waals surface area (Å²) in [6.45, 7) is 2.27. The van der Waals surface area contributed by atoms with E-state index in [1.165, 1.54) is 0 Å². The summed E-state index contributed by atoms with van der Waals surface area (Å²) in [5.41, 5.74) is 0. The topological polar surface area (TPSA) is 58.6 Å². The number of ether oxygens (including phenoxy) is 1. The van der Waals surface area contributed by atoms with Crippen LogP contribution in [0.3, 0.4) is 0 Å². The molecule has 1 amide bonds. The maximum atomic E-state index is 11.2. The van der Waals surface area contributed by atoms with Gasteiger partial charge in [0.1, 0.15) is 6.61 Å². The van der Waals surface area contributed by atoms with Crippen LogP contribution in [-0.2, 0) is 14.3 Å². The van der Waals surface area contributed by atoms with Crippen molar-refractivity contribution >= 4 is 11.9 Å². The molecule has 0 aromatic heterocycles. The Kier molecular flexibility index (Phi) is 5.10. The van der Waals surface area contributed by atoms with E-state index in [2.05, 4.69) is 5.32 Å². The molecule has 1 rings (SSSR count). The number of carbonyl (C=O) groups is 2. The molecule has 1 fully saturated rings. The molecule has 0 aliphatic carbocycles. The van der Waals surface area contributed by atoms with Crippen molar-refractivity contribution in [1.29, 1.82) is 0 Å². The Bertz CT molecular complexity index is 231. The van der Waals surface area contributed by atoms with Crippen molar-refractivity contribution in [3.8, 4) is 0 Å². The van der Waals surface area contributed by atoms with E-state index < -0.39 is 0 Å². The molecule has 0 aromatic rings. The largest absolute Gasteiger partial charge is 0.464 e. The number of amides is 1. The number of hydrogen-bond donors (Lipinski definition) is 1. The molecule has 0 saturated carbocycles. The van der Waals surface area contributed by atoms with Crippen molar-refractivity contribution in [3.05, 3.63) is 0 Å².